The van der Waals surface area contributed by atoms with Crippen molar-refractivity contribution in [3.8, 4) is 22.9 Å². The molecule has 1 N–H and O–H groups in total. The van der Waals surface area contributed by atoms with E-state index in [1.165, 1.54) is 4.52 Å². The van der Waals surface area contributed by atoms with Gasteiger partial charge in [-0.25, -0.2) is 9.78 Å². The highest BCUT2D eigenvalue weighted by Gasteiger charge is 2.15. The van der Waals surface area contributed by atoms with Gasteiger partial charge in [-0.3, -0.25) is 0 Å². The third-order valence-electron chi connectivity index (χ3n) is 3.86. The minimum atomic E-state index is -0.349. The van der Waals surface area contributed by atoms with Gasteiger partial charge in [0.25, 0.3) is 0 Å². The zero-order valence-electron chi connectivity index (χ0n) is 13.1. The molecule has 0 aliphatic rings. The lowest BCUT2D eigenvalue weighted by Crippen LogP contribution is -2.17. The Morgan fingerprint density at radius 3 is 2.54 bits per heavy atom. The first-order chi connectivity index (χ1) is 11.7. The van der Waals surface area contributed by atoms with Crippen LogP contribution in [0.1, 0.15) is 0 Å². The topological polar surface area (TPSA) is 81.5 Å². The van der Waals surface area contributed by atoms with E-state index in [-0.39, 0.29) is 5.69 Å². The number of benzene rings is 2. The molecule has 0 saturated heterocycles. The number of nitrogens with zero attached hydrogens (tertiary/aromatic N) is 3. The van der Waals surface area contributed by atoms with Gasteiger partial charge in [-0.1, -0.05) is 6.07 Å². The van der Waals surface area contributed by atoms with E-state index in [1.807, 2.05) is 36.4 Å². The first-order valence-corrected chi connectivity index (χ1v) is 7.31. The number of hydrogen-bond donors (Lipinski definition) is 1. The first kappa shape index (κ1) is 14.3. The van der Waals surface area contributed by atoms with Crippen LogP contribution in [0.2, 0.25) is 0 Å². The fourth-order valence-electron chi connectivity index (χ4n) is 2.68. The second-order valence-electron chi connectivity index (χ2n) is 5.21. The molecule has 0 saturated carbocycles. The summed E-state index contributed by atoms with van der Waals surface area (Å²) in [5, 5.41) is 5.04. The molecule has 4 rings (SSSR count). The highest BCUT2D eigenvalue weighted by molar-refractivity contribution is 5.96. The fraction of sp³-hybridized carbons (Fsp3) is 0.118. The van der Waals surface area contributed by atoms with Crippen LogP contribution in [0.4, 0.5) is 0 Å². The molecule has 2 aromatic carbocycles. The van der Waals surface area contributed by atoms with Gasteiger partial charge in [0.05, 0.1) is 25.1 Å². The molecule has 4 aromatic rings. The molecule has 0 aliphatic heterocycles. The van der Waals surface area contributed by atoms with Crippen molar-refractivity contribution in [2.45, 2.75) is 0 Å². The van der Waals surface area contributed by atoms with Crippen molar-refractivity contribution in [3.05, 3.63) is 52.9 Å². The minimum Gasteiger partial charge on any atom is -0.497 e. The van der Waals surface area contributed by atoms with Crippen LogP contribution in [-0.4, -0.2) is 33.8 Å². The smallest absolute Gasteiger partial charge is 0.348 e. The third-order valence-corrected chi connectivity index (χ3v) is 3.86. The van der Waals surface area contributed by atoms with E-state index in [2.05, 4.69) is 15.1 Å². The second kappa shape index (κ2) is 5.38. The summed E-state index contributed by atoms with van der Waals surface area (Å²) in [7, 11) is 3.19. The Hall–Kier alpha value is -3.35. The van der Waals surface area contributed by atoms with Crippen molar-refractivity contribution < 1.29 is 9.47 Å². The number of ether oxygens (including phenoxy) is 2. The van der Waals surface area contributed by atoms with Crippen LogP contribution >= 0.6 is 0 Å². The van der Waals surface area contributed by atoms with E-state index in [1.54, 1.807) is 20.3 Å². The van der Waals surface area contributed by atoms with Crippen molar-refractivity contribution in [2.75, 3.05) is 14.2 Å². The average Bonchev–Trinajstić information content (AvgIpc) is 3.07. The largest absolute Gasteiger partial charge is 0.497 e. The van der Waals surface area contributed by atoms with Crippen molar-refractivity contribution in [2.24, 2.45) is 0 Å². The molecule has 0 amide bonds. The van der Waals surface area contributed by atoms with E-state index < -0.39 is 0 Å². The lowest BCUT2D eigenvalue weighted by molar-refractivity contribution is 0.415. The normalized spacial score (nSPS) is 11.1. The maximum atomic E-state index is 12.3. The average molecular weight is 322 g/mol. The maximum absolute atomic E-state index is 12.3. The molecule has 2 heterocycles. The van der Waals surface area contributed by atoms with Crippen LogP contribution in [0.25, 0.3) is 27.9 Å². The molecule has 0 bridgehead atoms. The molecule has 7 heteroatoms. The van der Waals surface area contributed by atoms with Crippen molar-refractivity contribution in [3.63, 3.8) is 0 Å². The van der Waals surface area contributed by atoms with E-state index in [0.717, 1.165) is 11.3 Å². The minimum absolute atomic E-state index is 0.349. The highest BCUT2D eigenvalue weighted by Crippen LogP contribution is 2.28. The third kappa shape index (κ3) is 2.10. The molecule has 24 heavy (non-hydrogen) atoms. The Kier molecular flexibility index (Phi) is 3.19. The van der Waals surface area contributed by atoms with E-state index in [4.69, 9.17) is 9.47 Å². The molecular formula is C17H14N4O3. The zero-order chi connectivity index (χ0) is 16.7. The molecule has 0 aliphatic carbocycles. The van der Waals surface area contributed by atoms with Crippen molar-refractivity contribution in [1.82, 2.24) is 19.6 Å². The van der Waals surface area contributed by atoms with E-state index >= 15 is 0 Å². The number of nitrogens with one attached hydrogen (secondary N) is 1. The number of aromatic amines is 1. The van der Waals surface area contributed by atoms with Gasteiger partial charge >= 0.3 is 5.69 Å². The van der Waals surface area contributed by atoms with Crippen LogP contribution in [-0.2, 0) is 0 Å². The lowest BCUT2D eigenvalue weighted by atomic mass is 10.2. The van der Waals surface area contributed by atoms with Gasteiger partial charge < -0.3 is 14.5 Å². The fourth-order valence-corrected chi connectivity index (χ4v) is 2.68. The molecule has 0 fully saturated rings. The number of rotatable bonds is 3. The summed E-state index contributed by atoms with van der Waals surface area (Å²) in [5.74, 6) is 1.83. The van der Waals surface area contributed by atoms with Crippen LogP contribution in [0, 0.1) is 0 Å². The number of hydrogen-bond acceptors (Lipinski definition) is 5. The highest BCUT2D eigenvalue weighted by atomic mass is 16.5. The molecule has 0 atom stereocenters. The molecule has 120 valence electrons. The molecule has 0 unspecified atom stereocenters. The van der Waals surface area contributed by atoms with Crippen LogP contribution in [0.5, 0.6) is 11.5 Å². The monoisotopic (exact) mass is 322 g/mol. The lowest BCUT2D eigenvalue weighted by Gasteiger charge is -2.04. The Bertz CT molecular complexity index is 1100. The predicted molar refractivity (Wildman–Crippen MR) is 89.7 cm³/mol. The van der Waals surface area contributed by atoms with Crippen LogP contribution < -0.4 is 15.2 Å². The summed E-state index contributed by atoms with van der Waals surface area (Å²) < 4.78 is 11.8. The number of fused-ring (bicyclic) bond motifs is 3. The Morgan fingerprint density at radius 2 is 1.83 bits per heavy atom. The Morgan fingerprint density at radius 1 is 1.04 bits per heavy atom. The van der Waals surface area contributed by atoms with Gasteiger partial charge in [0, 0.05) is 5.56 Å². The molecule has 0 spiro atoms. The van der Waals surface area contributed by atoms with E-state index in [9.17, 15) is 4.79 Å². The number of H-pyrrole nitrogens is 1. The van der Waals surface area contributed by atoms with Crippen LogP contribution in [0.15, 0.2) is 47.3 Å². The van der Waals surface area contributed by atoms with Crippen molar-refractivity contribution >= 4 is 16.6 Å². The van der Waals surface area contributed by atoms with Gasteiger partial charge in [0.2, 0.25) is 0 Å². The summed E-state index contributed by atoms with van der Waals surface area (Å²) in [6, 6.07) is 12.8. The predicted octanol–water partition coefficient (Wildman–Crippen LogP) is 2.25. The number of methoxy groups -OCH3 is 2. The van der Waals surface area contributed by atoms with Gasteiger partial charge in [0.1, 0.15) is 11.5 Å². The summed E-state index contributed by atoms with van der Waals surface area (Å²) >= 11 is 0. The Balaban J connectivity index is 2.01. The maximum Gasteiger partial charge on any atom is 0.348 e. The van der Waals surface area contributed by atoms with Gasteiger partial charge in [-0.2, -0.15) is 4.52 Å². The van der Waals surface area contributed by atoms with Gasteiger partial charge in [-0.05, 0) is 36.4 Å². The van der Waals surface area contributed by atoms with Crippen LogP contribution in [0.3, 0.4) is 0 Å². The summed E-state index contributed by atoms with van der Waals surface area (Å²) in [6.45, 7) is 0. The second-order valence-corrected chi connectivity index (χ2v) is 5.21. The van der Waals surface area contributed by atoms with Crippen molar-refractivity contribution in [1.29, 1.82) is 0 Å². The quantitative estimate of drug-likeness (QED) is 0.625. The molecule has 7 nitrogen and oxygen atoms in total. The van der Waals surface area contributed by atoms with E-state index in [0.29, 0.717) is 28.1 Å². The van der Waals surface area contributed by atoms with Gasteiger partial charge in [0.15, 0.2) is 11.5 Å². The SMILES string of the molecule is COc1ccc(-c2nc3c4c(OC)cccc4[nH]c(=O)n3n2)cc1. The standard InChI is InChI=1S/C17H14N4O3/c1-23-11-8-6-10(7-9-11)15-19-16-14-12(4-3-5-13(14)24-2)18-17(22)21(16)20-15/h3-9H,1-2H3,(H,18,22). The number of aromatic nitrogens is 4. The molecular weight excluding hydrogens is 308 g/mol. The van der Waals surface area contributed by atoms with Gasteiger partial charge in [-0.15, -0.1) is 5.10 Å². The molecule has 2 aromatic heterocycles. The summed E-state index contributed by atoms with van der Waals surface area (Å²) in [5.41, 5.74) is 1.55. The zero-order valence-corrected chi connectivity index (χ0v) is 13.1. The summed E-state index contributed by atoms with van der Waals surface area (Å²) in [6.07, 6.45) is 0. The Labute approximate surface area is 136 Å². The summed E-state index contributed by atoms with van der Waals surface area (Å²) in [4.78, 5) is 19.6. The first-order valence-electron chi connectivity index (χ1n) is 7.31. The molecule has 0 radical (unpaired) electrons.